The Kier molecular flexibility index (Phi) is 4.65. The first-order valence-corrected chi connectivity index (χ1v) is 11.1. The van der Waals surface area contributed by atoms with E-state index in [1.807, 2.05) is 12.3 Å². The van der Waals surface area contributed by atoms with Crippen LogP contribution in [0.1, 0.15) is 30.9 Å². The van der Waals surface area contributed by atoms with Crippen molar-refractivity contribution >= 4 is 11.7 Å². The van der Waals surface area contributed by atoms with Crippen molar-refractivity contribution in [3.8, 4) is 5.82 Å². The molecule has 0 N–H and O–H groups in total. The smallest absolute Gasteiger partial charge is 0.245 e. The van der Waals surface area contributed by atoms with E-state index >= 15 is 0 Å². The number of aromatic nitrogens is 4. The molecule has 3 saturated heterocycles. The Morgan fingerprint density at radius 2 is 1.76 bits per heavy atom. The van der Waals surface area contributed by atoms with Crippen LogP contribution in [0.4, 0.5) is 14.6 Å². The third kappa shape index (κ3) is 3.36. The van der Waals surface area contributed by atoms with Crippen molar-refractivity contribution in [3.05, 3.63) is 66.3 Å². The summed E-state index contributed by atoms with van der Waals surface area (Å²) < 4.78 is 29.3. The van der Waals surface area contributed by atoms with Crippen molar-refractivity contribution in [2.75, 3.05) is 31.1 Å². The first-order valence-electron chi connectivity index (χ1n) is 11.1. The summed E-state index contributed by atoms with van der Waals surface area (Å²) in [6.45, 7) is 2.72. The van der Waals surface area contributed by atoms with Crippen LogP contribution in [0, 0.1) is 17.0 Å². The lowest BCUT2D eigenvalue weighted by atomic mass is 9.77. The average Bonchev–Trinajstić information content (AvgIpc) is 3.53. The molecule has 0 unspecified atom stereocenters. The van der Waals surface area contributed by atoms with E-state index in [0.717, 1.165) is 11.9 Å². The normalized spacial score (nSPS) is 22.4. The fourth-order valence-electron chi connectivity index (χ4n) is 5.41. The number of hydrogen-bond donors (Lipinski definition) is 0. The lowest BCUT2D eigenvalue weighted by Crippen LogP contribution is -2.46. The number of rotatable bonds is 3. The number of benzene rings is 1. The van der Waals surface area contributed by atoms with Gasteiger partial charge in [-0.3, -0.25) is 14.8 Å². The molecule has 10 heteroatoms. The van der Waals surface area contributed by atoms with E-state index in [1.54, 1.807) is 28.3 Å². The highest BCUT2D eigenvalue weighted by Gasteiger charge is 2.56. The Labute approximate surface area is 189 Å². The highest BCUT2D eigenvalue weighted by Crippen LogP contribution is 2.47. The van der Waals surface area contributed by atoms with Gasteiger partial charge in [0, 0.05) is 44.6 Å². The van der Waals surface area contributed by atoms with Gasteiger partial charge in [0.25, 0.3) is 0 Å². The van der Waals surface area contributed by atoms with Crippen molar-refractivity contribution in [1.82, 2.24) is 29.8 Å². The van der Waals surface area contributed by atoms with E-state index in [9.17, 15) is 13.6 Å². The number of hydrogen-bond acceptors (Lipinski definition) is 6. The maximum Gasteiger partial charge on any atom is 0.245 e. The van der Waals surface area contributed by atoms with E-state index in [1.165, 1.54) is 12.1 Å². The van der Waals surface area contributed by atoms with Gasteiger partial charge in [-0.05, 0) is 43.0 Å². The molecule has 0 radical (unpaired) electrons. The van der Waals surface area contributed by atoms with Crippen LogP contribution in [-0.4, -0.2) is 61.9 Å². The Balaban J connectivity index is 1.19. The second kappa shape index (κ2) is 7.58. The molecule has 6 rings (SSSR count). The summed E-state index contributed by atoms with van der Waals surface area (Å²) in [6, 6.07) is 5.05. The molecule has 8 nitrogen and oxygen atoms in total. The van der Waals surface area contributed by atoms with Crippen LogP contribution in [0.3, 0.4) is 0 Å². The summed E-state index contributed by atoms with van der Waals surface area (Å²) in [4.78, 5) is 24.8. The van der Waals surface area contributed by atoms with E-state index < -0.39 is 17.0 Å². The predicted molar refractivity (Wildman–Crippen MR) is 115 cm³/mol. The van der Waals surface area contributed by atoms with Crippen LogP contribution in [-0.2, 0) is 4.79 Å². The molecule has 3 aliphatic heterocycles. The highest BCUT2D eigenvalue weighted by molar-refractivity contribution is 5.85. The number of piperidine rings is 1. The molecule has 170 valence electrons. The molecule has 0 aliphatic carbocycles. The Bertz CT molecular complexity index is 1170. The monoisotopic (exact) mass is 451 g/mol. The predicted octanol–water partition coefficient (Wildman–Crippen LogP) is 2.73. The molecule has 1 atom stereocenters. The molecular weight excluding hydrogens is 428 g/mol. The SMILES string of the molecule is O=C1N2[C@H](c3cc(F)cc(F)c3)CCN2CC12CCN(c1cncc(-n3cccn3)n1)CC2. The minimum Gasteiger partial charge on any atom is -0.355 e. The van der Waals surface area contributed by atoms with Gasteiger partial charge in [0.15, 0.2) is 5.82 Å². The van der Waals surface area contributed by atoms with E-state index in [4.69, 9.17) is 0 Å². The molecule has 3 fully saturated rings. The first-order chi connectivity index (χ1) is 16.0. The molecule has 1 spiro atoms. The molecule has 33 heavy (non-hydrogen) atoms. The van der Waals surface area contributed by atoms with Crippen LogP contribution >= 0.6 is 0 Å². The van der Waals surface area contributed by atoms with Crippen LogP contribution in [0.5, 0.6) is 0 Å². The number of halogens is 2. The van der Waals surface area contributed by atoms with Gasteiger partial charge in [-0.2, -0.15) is 5.10 Å². The van der Waals surface area contributed by atoms with E-state index in [-0.39, 0.29) is 11.9 Å². The van der Waals surface area contributed by atoms with Gasteiger partial charge in [0.1, 0.15) is 17.5 Å². The molecular formula is C23H23F2N7O. The lowest BCUT2D eigenvalue weighted by Gasteiger charge is -2.38. The topological polar surface area (TPSA) is 70.4 Å². The second-order valence-electron chi connectivity index (χ2n) is 9.00. The van der Waals surface area contributed by atoms with Crippen molar-refractivity contribution in [2.24, 2.45) is 5.41 Å². The fraction of sp³-hybridized carbons (Fsp3) is 0.391. The number of hydrazine groups is 1. The summed E-state index contributed by atoms with van der Waals surface area (Å²) in [5.41, 5.74) is 0.0391. The highest BCUT2D eigenvalue weighted by atomic mass is 19.1. The Hall–Kier alpha value is -3.40. The van der Waals surface area contributed by atoms with Crippen molar-refractivity contribution in [2.45, 2.75) is 25.3 Å². The molecule has 3 aromatic rings. The Morgan fingerprint density at radius 1 is 1.00 bits per heavy atom. The maximum atomic E-state index is 13.8. The van der Waals surface area contributed by atoms with Gasteiger partial charge in [-0.15, -0.1) is 0 Å². The number of anilines is 1. The van der Waals surface area contributed by atoms with Crippen LogP contribution in [0.25, 0.3) is 5.82 Å². The second-order valence-corrected chi connectivity index (χ2v) is 9.00. The Morgan fingerprint density at radius 3 is 2.48 bits per heavy atom. The fourth-order valence-corrected chi connectivity index (χ4v) is 5.41. The quantitative estimate of drug-likeness (QED) is 0.610. The third-order valence-corrected chi connectivity index (χ3v) is 7.07. The number of carbonyl (C=O) groups is 1. The zero-order valence-corrected chi connectivity index (χ0v) is 17.9. The number of amides is 1. The van der Waals surface area contributed by atoms with Crippen molar-refractivity contribution in [3.63, 3.8) is 0 Å². The lowest BCUT2D eigenvalue weighted by molar-refractivity contribution is -0.143. The number of carbonyl (C=O) groups excluding carboxylic acids is 1. The molecule has 2 aromatic heterocycles. The van der Waals surface area contributed by atoms with Crippen LogP contribution in [0.2, 0.25) is 0 Å². The molecule has 3 aliphatic rings. The molecule has 5 heterocycles. The zero-order valence-electron chi connectivity index (χ0n) is 17.9. The van der Waals surface area contributed by atoms with Gasteiger partial charge in [-0.25, -0.2) is 23.5 Å². The van der Waals surface area contributed by atoms with Crippen LogP contribution < -0.4 is 4.90 Å². The minimum atomic E-state index is -0.614. The number of nitrogens with zero attached hydrogens (tertiary/aromatic N) is 7. The summed E-state index contributed by atoms with van der Waals surface area (Å²) in [7, 11) is 0. The average molecular weight is 451 g/mol. The van der Waals surface area contributed by atoms with Gasteiger partial charge >= 0.3 is 0 Å². The molecule has 0 bridgehead atoms. The van der Waals surface area contributed by atoms with Gasteiger partial charge < -0.3 is 4.90 Å². The zero-order chi connectivity index (χ0) is 22.6. The maximum absolute atomic E-state index is 13.8. The van der Waals surface area contributed by atoms with Gasteiger partial charge in [0.2, 0.25) is 5.91 Å². The molecule has 1 aromatic carbocycles. The minimum absolute atomic E-state index is 0.0608. The largest absolute Gasteiger partial charge is 0.355 e. The summed E-state index contributed by atoms with van der Waals surface area (Å²) in [5, 5.41) is 8.02. The molecule has 0 saturated carbocycles. The first kappa shape index (κ1) is 20.2. The van der Waals surface area contributed by atoms with Gasteiger partial charge in [0.05, 0.1) is 23.9 Å². The van der Waals surface area contributed by atoms with Crippen molar-refractivity contribution in [1.29, 1.82) is 0 Å². The number of fused-ring (bicyclic) bond motifs is 1. The van der Waals surface area contributed by atoms with Gasteiger partial charge in [-0.1, -0.05) is 0 Å². The van der Waals surface area contributed by atoms with E-state index in [2.05, 4.69) is 25.0 Å². The standard InChI is InChI=1S/C23H23F2N7O/c24-17-10-16(11-18(25)12-17)19-2-7-30-15-23(22(33)32(19)30)3-8-29(9-4-23)20-13-26-14-21(28-20)31-6-1-5-27-31/h1,5-6,10-14,19H,2-4,7-9,15H2/t19-/m0/s1. The third-order valence-electron chi connectivity index (χ3n) is 7.07. The van der Waals surface area contributed by atoms with E-state index in [0.29, 0.717) is 56.8 Å². The summed E-state index contributed by atoms with van der Waals surface area (Å²) in [5.74, 6) is 0.239. The molecule has 1 amide bonds. The summed E-state index contributed by atoms with van der Waals surface area (Å²) in [6.07, 6.45) is 8.97. The summed E-state index contributed by atoms with van der Waals surface area (Å²) >= 11 is 0. The van der Waals surface area contributed by atoms with Crippen molar-refractivity contribution < 1.29 is 13.6 Å². The van der Waals surface area contributed by atoms with Crippen LogP contribution in [0.15, 0.2) is 49.1 Å².